The summed E-state index contributed by atoms with van der Waals surface area (Å²) in [6.07, 6.45) is 7.33. The van der Waals surface area contributed by atoms with Gasteiger partial charge in [0.1, 0.15) is 11.9 Å². The zero-order chi connectivity index (χ0) is 30.4. The molecular weight excluding hydrogens is 490 g/mol. The molecule has 0 N–H and O–H groups in total. The maximum atomic E-state index is 5.24. The quantitative estimate of drug-likeness (QED) is 0.306. The molecule has 3 atom stereocenters. The molecule has 0 saturated carbocycles. The van der Waals surface area contributed by atoms with Gasteiger partial charge in [-0.15, -0.1) is 13.2 Å². The third-order valence-corrected chi connectivity index (χ3v) is 8.44. The van der Waals surface area contributed by atoms with Crippen LogP contribution in [0.3, 0.4) is 0 Å². The molecule has 2 aliphatic heterocycles. The molecule has 218 valence electrons. The largest absolute Gasteiger partial charge is 0.337 e. The number of hydrogen-bond acceptors (Lipinski definition) is 5. The van der Waals surface area contributed by atoms with Crippen LogP contribution in [0, 0.1) is 5.92 Å². The van der Waals surface area contributed by atoms with Crippen molar-refractivity contribution < 1.29 is 0 Å². The summed E-state index contributed by atoms with van der Waals surface area (Å²) in [7, 11) is 2.19. The first-order valence-corrected chi connectivity index (χ1v) is 15.2. The molecule has 4 heterocycles. The molecule has 0 spiro atoms. The Hall–Kier alpha value is -3.21. The van der Waals surface area contributed by atoms with E-state index in [0.29, 0.717) is 17.8 Å². The van der Waals surface area contributed by atoms with E-state index in [1.165, 1.54) is 22.4 Å². The lowest BCUT2D eigenvalue weighted by Crippen LogP contribution is -2.54. The molecule has 0 radical (unpaired) electrons. The van der Waals surface area contributed by atoms with Gasteiger partial charge in [-0.05, 0) is 41.0 Å². The number of para-hydroxylation sites is 1. The molecule has 0 fully saturated rings. The van der Waals surface area contributed by atoms with E-state index < -0.39 is 0 Å². The second-order valence-corrected chi connectivity index (χ2v) is 10.9. The van der Waals surface area contributed by atoms with Crippen LogP contribution in [0.5, 0.6) is 0 Å². The summed E-state index contributed by atoms with van der Waals surface area (Å²) in [5, 5.41) is 0. The number of nitrogens with zero attached hydrogens (tertiary/aromatic N) is 5. The van der Waals surface area contributed by atoms with Gasteiger partial charge in [-0.3, -0.25) is 4.98 Å². The average molecular weight is 544 g/mol. The molecule has 3 aromatic rings. The van der Waals surface area contributed by atoms with Crippen molar-refractivity contribution in [2.45, 2.75) is 106 Å². The second kappa shape index (κ2) is 13.9. The van der Waals surface area contributed by atoms with Crippen molar-refractivity contribution in [1.29, 1.82) is 0 Å². The number of pyridine rings is 1. The van der Waals surface area contributed by atoms with E-state index in [4.69, 9.17) is 9.97 Å². The van der Waals surface area contributed by atoms with Gasteiger partial charge in [0, 0.05) is 42.0 Å². The van der Waals surface area contributed by atoms with Gasteiger partial charge in [0.2, 0.25) is 0 Å². The monoisotopic (exact) mass is 543 g/mol. The Morgan fingerprint density at radius 1 is 0.900 bits per heavy atom. The molecule has 0 aliphatic carbocycles. The molecule has 0 bridgehead atoms. The first-order valence-electron chi connectivity index (χ1n) is 15.2. The molecule has 3 unspecified atom stereocenters. The highest BCUT2D eigenvalue weighted by atomic mass is 15.4. The van der Waals surface area contributed by atoms with Gasteiger partial charge in [-0.2, -0.15) is 0 Å². The molecule has 2 aliphatic rings. The summed E-state index contributed by atoms with van der Waals surface area (Å²) in [4.78, 5) is 19.6. The highest BCUT2D eigenvalue weighted by Gasteiger charge is 2.51. The van der Waals surface area contributed by atoms with Crippen molar-refractivity contribution in [2.75, 3.05) is 16.8 Å². The molecular formula is C35H53N5. The maximum Gasteiger partial charge on any atom is 0.162 e. The number of rotatable bonds is 4. The van der Waals surface area contributed by atoms with Crippen molar-refractivity contribution in [2.24, 2.45) is 5.92 Å². The Bertz CT molecular complexity index is 1220. The van der Waals surface area contributed by atoms with Crippen molar-refractivity contribution >= 4 is 17.2 Å². The fraction of sp³-hybridized carbons (Fsp3) is 0.514. The van der Waals surface area contributed by atoms with Crippen LogP contribution in [0.25, 0.3) is 11.4 Å². The Balaban J connectivity index is 0.000000876. The Kier molecular flexibility index (Phi) is 11.5. The highest BCUT2D eigenvalue weighted by Crippen LogP contribution is 2.56. The standard InChI is InChI=1S/C29H37N5.2C2H6.C2H4/c1-9-29(7)19(6)28-33(8)27-24(34(28)23-13-11-10-12-22(23)29)16-31-26(32-27)25-20(17(2)3)14-30-15-21(25)18(4)5;3*1-2/h10-19,28H,9H2,1-8H3;2*1-2H3;1-2H2. The number of anilines is 3. The normalized spacial score (nSPS) is 20.2. The number of fused-ring (bicyclic) bond motifs is 5. The lowest BCUT2D eigenvalue weighted by Gasteiger charge is -2.50. The minimum Gasteiger partial charge on any atom is -0.337 e. The van der Waals surface area contributed by atoms with E-state index in [9.17, 15) is 0 Å². The average Bonchev–Trinajstić information content (AvgIpc) is 3.30. The van der Waals surface area contributed by atoms with Gasteiger partial charge >= 0.3 is 0 Å². The second-order valence-electron chi connectivity index (χ2n) is 10.9. The summed E-state index contributed by atoms with van der Waals surface area (Å²) in [5.74, 6) is 2.93. The summed E-state index contributed by atoms with van der Waals surface area (Å²) >= 11 is 0. The maximum absolute atomic E-state index is 5.24. The van der Waals surface area contributed by atoms with Crippen LogP contribution in [-0.2, 0) is 5.41 Å². The molecule has 0 amide bonds. The van der Waals surface area contributed by atoms with Crippen molar-refractivity contribution in [3.8, 4) is 11.4 Å². The molecule has 1 aromatic carbocycles. The molecule has 5 nitrogen and oxygen atoms in total. The Morgan fingerprint density at radius 2 is 1.45 bits per heavy atom. The smallest absolute Gasteiger partial charge is 0.162 e. The topological polar surface area (TPSA) is 45.2 Å². The summed E-state index contributed by atoms with van der Waals surface area (Å²) in [5.41, 5.74) is 7.47. The summed E-state index contributed by atoms with van der Waals surface area (Å²) < 4.78 is 0. The number of hydrogen-bond donors (Lipinski definition) is 0. The molecule has 40 heavy (non-hydrogen) atoms. The van der Waals surface area contributed by atoms with Crippen LogP contribution < -0.4 is 9.80 Å². The van der Waals surface area contributed by atoms with Crippen LogP contribution in [0.2, 0.25) is 0 Å². The van der Waals surface area contributed by atoms with Gasteiger partial charge in [-0.1, -0.05) is 94.4 Å². The third kappa shape index (κ3) is 5.40. The van der Waals surface area contributed by atoms with Crippen molar-refractivity contribution in [3.05, 3.63) is 72.7 Å². The van der Waals surface area contributed by atoms with Gasteiger partial charge < -0.3 is 9.80 Å². The number of benzene rings is 1. The van der Waals surface area contributed by atoms with E-state index in [1.54, 1.807) is 0 Å². The highest BCUT2D eigenvalue weighted by molar-refractivity contribution is 5.85. The molecule has 2 aromatic heterocycles. The van der Waals surface area contributed by atoms with E-state index in [-0.39, 0.29) is 11.6 Å². The minimum atomic E-state index is 0.102. The van der Waals surface area contributed by atoms with Crippen LogP contribution in [0.15, 0.2) is 56.0 Å². The van der Waals surface area contributed by atoms with E-state index >= 15 is 0 Å². The minimum absolute atomic E-state index is 0.102. The molecule has 0 saturated heterocycles. The zero-order valence-electron chi connectivity index (χ0n) is 27.2. The SMILES string of the molecule is C=C.CC.CC.CCC1(C)c2ccccc2N2c3cnc(-c4c(C(C)C)cncc4C(C)C)nc3N(C)C2C1C. The fourth-order valence-electron chi connectivity index (χ4n) is 6.07. The van der Waals surface area contributed by atoms with E-state index in [2.05, 4.69) is 108 Å². The van der Waals surface area contributed by atoms with Gasteiger partial charge in [0.25, 0.3) is 0 Å². The Morgan fingerprint density at radius 3 is 1.98 bits per heavy atom. The first kappa shape index (κ1) is 33.0. The van der Waals surface area contributed by atoms with E-state index in [1.807, 2.05) is 46.3 Å². The van der Waals surface area contributed by atoms with Gasteiger partial charge in [-0.25, -0.2) is 9.97 Å². The van der Waals surface area contributed by atoms with Gasteiger partial charge in [0.05, 0.1) is 6.20 Å². The Labute approximate surface area is 244 Å². The van der Waals surface area contributed by atoms with Gasteiger partial charge in [0.15, 0.2) is 11.6 Å². The lowest BCUT2D eigenvalue weighted by molar-refractivity contribution is 0.246. The van der Waals surface area contributed by atoms with Crippen LogP contribution in [-0.4, -0.2) is 28.2 Å². The summed E-state index contributed by atoms with van der Waals surface area (Å²) in [6, 6.07) is 8.88. The van der Waals surface area contributed by atoms with Crippen LogP contribution in [0.1, 0.15) is 111 Å². The number of aromatic nitrogens is 3. The lowest BCUT2D eigenvalue weighted by atomic mass is 9.66. The zero-order valence-corrected chi connectivity index (χ0v) is 27.2. The van der Waals surface area contributed by atoms with Crippen molar-refractivity contribution in [3.63, 3.8) is 0 Å². The van der Waals surface area contributed by atoms with Crippen LogP contribution >= 0.6 is 0 Å². The fourth-order valence-corrected chi connectivity index (χ4v) is 6.07. The van der Waals surface area contributed by atoms with Crippen LogP contribution in [0.4, 0.5) is 17.2 Å². The van der Waals surface area contributed by atoms with E-state index in [0.717, 1.165) is 29.3 Å². The van der Waals surface area contributed by atoms with Crippen molar-refractivity contribution in [1.82, 2.24) is 15.0 Å². The first-order chi connectivity index (χ1) is 19.2. The summed E-state index contributed by atoms with van der Waals surface area (Å²) in [6.45, 7) is 30.0. The predicted octanol–water partition coefficient (Wildman–Crippen LogP) is 9.87. The third-order valence-electron chi connectivity index (χ3n) is 8.44. The predicted molar refractivity (Wildman–Crippen MR) is 175 cm³/mol. The molecule has 5 heteroatoms. The molecule has 5 rings (SSSR count).